The molecule has 4 aromatic rings. The summed E-state index contributed by atoms with van der Waals surface area (Å²) in [6.45, 7) is 2.72. The standard InChI is InChI=1S/C28H26ClN5O4S/c1-37-24-11-5-19(6-12-24)27(36)34-15-13-33(14-16-34)23-9-7-22(8-10-23)30-25(35)18-39-28-32-31-26(38-28)20-3-2-4-21(29)17-20/h2-12,17H,13-16,18H2,1H3,(H,30,35). The summed E-state index contributed by atoms with van der Waals surface area (Å²) in [6.07, 6.45) is 0. The van der Waals surface area contributed by atoms with Crippen LogP contribution in [-0.2, 0) is 4.79 Å². The van der Waals surface area contributed by atoms with Gasteiger partial charge in [-0.3, -0.25) is 9.59 Å². The minimum atomic E-state index is -0.180. The second-order valence-corrected chi connectivity index (χ2v) is 10.1. The normalized spacial score (nSPS) is 13.3. The van der Waals surface area contributed by atoms with Gasteiger partial charge in [0.1, 0.15) is 5.75 Å². The summed E-state index contributed by atoms with van der Waals surface area (Å²) in [5, 5.41) is 11.8. The van der Waals surface area contributed by atoms with Crippen LogP contribution in [0.5, 0.6) is 5.75 Å². The highest BCUT2D eigenvalue weighted by atomic mass is 35.5. The summed E-state index contributed by atoms with van der Waals surface area (Å²) in [7, 11) is 1.60. The van der Waals surface area contributed by atoms with Crippen LogP contribution in [0.3, 0.4) is 0 Å². The highest BCUT2D eigenvalue weighted by molar-refractivity contribution is 7.99. The molecule has 9 nitrogen and oxygen atoms in total. The number of thioether (sulfide) groups is 1. The van der Waals surface area contributed by atoms with Gasteiger partial charge in [0.05, 0.1) is 12.9 Å². The Balaban J connectivity index is 1.08. The van der Waals surface area contributed by atoms with Gasteiger partial charge in [-0.1, -0.05) is 29.4 Å². The molecule has 1 aliphatic rings. The molecule has 1 aromatic heterocycles. The third-order valence-electron chi connectivity index (χ3n) is 6.22. The van der Waals surface area contributed by atoms with Crippen LogP contribution in [0, 0.1) is 0 Å². The summed E-state index contributed by atoms with van der Waals surface area (Å²) in [6, 6.07) is 22.0. The Hall–Kier alpha value is -4.02. The van der Waals surface area contributed by atoms with Gasteiger partial charge >= 0.3 is 0 Å². The predicted molar refractivity (Wildman–Crippen MR) is 152 cm³/mol. The number of nitrogens with zero attached hydrogens (tertiary/aromatic N) is 4. The second-order valence-electron chi connectivity index (χ2n) is 8.77. The fourth-order valence-corrected chi connectivity index (χ4v) is 4.92. The molecule has 2 amide bonds. The smallest absolute Gasteiger partial charge is 0.277 e. The van der Waals surface area contributed by atoms with Gasteiger partial charge in [0.15, 0.2) is 0 Å². The van der Waals surface area contributed by atoms with Gasteiger partial charge in [0, 0.05) is 53.7 Å². The number of carbonyl (C=O) groups is 2. The molecule has 3 aromatic carbocycles. The van der Waals surface area contributed by atoms with Crippen LogP contribution in [0.15, 0.2) is 82.4 Å². The number of hydrogen-bond acceptors (Lipinski definition) is 8. The van der Waals surface area contributed by atoms with E-state index in [2.05, 4.69) is 20.4 Å². The third-order valence-corrected chi connectivity index (χ3v) is 7.28. The number of hydrogen-bond donors (Lipinski definition) is 1. The SMILES string of the molecule is COc1ccc(C(=O)N2CCN(c3ccc(NC(=O)CSc4nnc(-c5cccc(Cl)c5)o4)cc3)CC2)cc1. The molecule has 0 aliphatic carbocycles. The number of halogens is 1. The molecule has 0 spiro atoms. The van der Waals surface area contributed by atoms with Crippen molar-refractivity contribution in [3.05, 3.63) is 83.4 Å². The molecule has 5 rings (SSSR count). The molecule has 0 bridgehead atoms. The number of benzene rings is 3. The van der Waals surface area contributed by atoms with Crippen molar-refractivity contribution >= 4 is 46.6 Å². The van der Waals surface area contributed by atoms with Crippen LogP contribution in [0.1, 0.15) is 10.4 Å². The van der Waals surface area contributed by atoms with E-state index in [1.54, 1.807) is 49.6 Å². The zero-order chi connectivity index (χ0) is 27.2. The third kappa shape index (κ3) is 6.71. The average molecular weight is 564 g/mol. The average Bonchev–Trinajstić information content (AvgIpc) is 3.46. The maximum atomic E-state index is 12.8. The number of carbonyl (C=O) groups excluding carboxylic acids is 2. The van der Waals surface area contributed by atoms with Crippen LogP contribution in [0.25, 0.3) is 11.5 Å². The van der Waals surface area contributed by atoms with Gasteiger partial charge in [-0.05, 0) is 66.7 Å². The highest BCUT2D eigenvalue weighted by Crippen LogP contribution is 2.26. The predicted octanol–water partition coefficient (Wildman–Crippen LogP) is 5.09. The van der Waals surface area contributed by atoms with Crippen LogP contribution in [0.4, 0.5) is 11.4 Å². The van der Waals surface area contributed by atoms with Crippen molar-refractivity contribution in [1.29, 1.82) is 0 Å². The number of nitrogens with one attached hydrogen (secondary N) is 1. The minimum absolute atomic E-state index is 0.0226. The van der Waals surface area contributed by atoms with E-state index >= 15 is 0 Å². The van der Waals surface area contributed by atoms with Crippen LogP contribution in [0.2, 0.25) is 5.02 Å². The summed E-state index contributed by atoms with van der Waals surface area (Å²) in [4.78, 5) is 29.4. The number of amides is 2. The van der Waals surface area contributed by atoms with E-state index in [4.69, 9.17) is 20.8 Å². The fraction of sp³-hybridized carbons (Fsp3) is 0.214. The van der Waals surface area contributed by atoms with Crippen molar-refractivity contribution in [2.24, 2.45) is 0 Å². The van der Waals surface area contributed by atoms with Gasteiger partial charge < -0.3 is 24.3 Å². The van der Waals surface area contributed by atoms with E-state index in [1.165, 1.54) is 0 Å². The lowest BCUT2D eigenvalue weighted by atomic mass is 10.1. The lowest BCUT2D eigenvalue weighted by molar-refractivity contribution is -0.113. The molecule has 200 valence electrons. The van der Waals surface area contributed by atoms with Crippen molar-refractivity contribution in [3.8, 4) is 17.2 Å². The summed E-state index contributed by atoms with van der Waals surface area (Å²) in [5.74, 6) is 1.05. The summed E-state index contributed by atoms with van der Waals surface area (Å²) in [5.41, 5.74) is 3.11. The summed E-state index contributed by atoms with van der Waals surface area (Å²) < 4.78 is 10.8. The zero-order valence-electron chi connectivity index (χ0n) is 21.2. The van der Waals surface area contributed by atoms with Gasteiger partial charge in [0.25, 0.3) is 11.1 Å². The second kappa shape index (κ2) is 12.2. The monoisotopic (exact) mass is 563 g/mol. The largest absolute Gasteiger partial charge is 0.497 e. The van der Waals surface area contributed by atoms with E-state index in [0.29, 0.717) is 40.5 Å². The van der Waals surface area contributed by atoms with Crippen LogP contribution >= 0.6 is 23.4 Å². The Morgan fingerprint density at radius 2 is 1.74 bits per heavy atom. The minimum Gasteiger partial charge on any atom is -0.497 e. The molecule has 0 radical (unpaired) electrons. The Bertz CT molecular complexity index is 1440. The first-order valence-corrected chi connectivity index (χ1v) is 13.7. The molecule has 1 fully saturated rings. The number of ether oxygens (including phenoxy) is 1. The Kier molecular flexibility index (Phi) is 8.33. The molecule has 11 heteroatoms. The highest BCUT2D eigenvalue weighted by Gasteiger charge is 2.22. The first-order valence-electron chi connectivity index (χ1n) is 12.3. The first kappa shape index (κ1) is 26.6. The molecule has 2 heterocycles. The Morgan fingerprint density at radius 1 is 1.00 bits per heavy atom. The molecule has 1 aliphatic heterocycles. The molecule has 0 saturated carbocycles. The molecule has 39 heavy (non-hydrogen) atoms. The number of methoxy groups -OCH3 is 1. The number of anilines is 2. The molecule has 0 unspecified atom stereocenters. The molecule has 0 atom stereocenters. The quantitative estimate of drug-likeness (QED) is 0.296. The number of aromatic nitrogens is 2. The molecular weight excluding hydrogens is 538 g/mol. The number of rotatable bonds is 8. The van der Waals surface area contributed by atoms with Crippen molar-refractivity contribution in [1.82, 2.24) is 15.1 Å². The van der Waals surface area contributed by atoms with Crippen molar-refractivity contribution in [3.63, 3.8) is 0 Å². The van der Waals surface area contributed by atoms with Crippen molar-refractivity contribution in [2.45, 2.75) is 5.22 Å². The maximum Gasteiger partial charge on any atom is 0.277 e. The van der Waals surface area contributed by atoms with E-state index in [-0.39, 0.29) is 17.6 Å². The zero-order valence-corrected chi connectivity index (χ0v) is 22.7. The fourth-order valence-electron chi connectivity index (χ4n) is 4.17. The summed E-state index contributed by atoms with van der Waals surface area (Å²) >= 11 is 7.18. The van der Waals surface area contributed by atoms with Crippen molar-refractivity contribution in [2.75, 3.05) is 49.3 Å². The van der Waals surface area contributed by atoms with Gasteiger partial charge in [-0.25, -0.2) is 0 Å². The van der Waals surface area contributed by atoms with Crippen molar-refractivity contribution < 1.29 is 18.7 Å². The van der Waals surface area contributed by atoms with Crippen LogP contribution in [-0.4, -0.2) is 66.0 Å². The topological polar surface area (TPSA) is 101 Å². The Labute approximate surface area is 235 Å². The lowest BCUT2D eigenvalue weighted by Gasteiger charge is -2.36. The van der Waals surface area contributed by atoms with Gasteiger partial charge in [-0.2, -0.15) is 0 Å². The van der Waals surface area contributed by atoms with E-state index in [0.717, 1.165) is 41.9 Å². The molecule has 1 saturated heterocycles. The lowest BCUT2D eigenvalue weighted by Crippen LogP contribution is -2.48. The van der Waals surface area contributed by atoms with Gasteiger partial charge in [-0.15, -0.1) is 10.2 Å². The molecular formula is C28H26ClN5O4S. The molecule has 1 N–H and O–H groups in total. The van der Waals surface area contributed by atoms with E-state index in [9.17, 15) is 9.59 Å². The van der Waals surface area contributed by atoms with Crippen LogP contribution < -0.4 is 15.0 Å². The van der Waals surface area contributed by atoms with E-state index < -0.39 is 0 Å². The van der Waals surface area contributed by atoms with E-state index in [1.807, 2.05) is 35.2 Å². The Morgan fingerprint density at radius 3 is 2.44 bits per heavy atom. The first-order chi connectivity index (χ1) is 19.0. The van der Waals surface area contributed by atoms with Gasteiger partial charge in [0.2, 0.25) is 11.8 Å². The number of piperazine rings is 1. The maximum absolute atomic E-state index is 12.8.